The summed E-state index contributed by atoms with van der Waals surface area (Å²) in [6.07, 6.45) is 2.67. The molecule has 0 bridgehead atoms. The third kappa shape index (κ3) is 3.86. The summed E-state index contributed by atoms with van der Waals surface area (Å²) in [6.45, 7) is 3.96. The van der Waals surface area contributed by atoms with E-state index in [4.69, 9.17) is 9.47 Å². The van der Waals surface area contributed by atoms with Crippen molar-refractivity contribution in [3.8, 4) is 5.75 Å². The zero-order valence-electron chi connectivity index (χ0n) is 10.3. The second-order valence-electron chi connectivity index (χ2n) is 4.63. The van der Waals surface area contributed by atoms with Gasteiger partial charge in [-0.05, 0) is 38.8 Å². The summed E-state index contributed by atoms with van der Waals surface area (Å²) in [6, 6.07) is 7.33. The lowest BCUT2D eigenvalue weighted by molar-refractivity contribution is 0.0584. The molecule has 92 valence electrons. The Morgan fingerprint density at radius 1 is 1.41 bits per heavy atom. The molecule has 3 heteroatoms. The molecule has 0 N–H and O–H groups in total. The first kappa shape index (κ1) is 12.1. The van der Waals surface area contributed by atoms with Crippen LogP contribution in [0.15, 0.2) is 24.3 Å². The van der Waals surface area contributed by atoms with E-state index < -0.39 is 0 Å². The first-order valence-corrected chi connectivity index (χ1v) is 6.06. The second kappa shape index (κ2) is 5.32. The normalized spacial score (nSPS) is 15.0. The fourth-order valence-electron chi connectivity index (χ4n) is 1.45. The van der Waals surface area contributed by atoms with Crippen LogP contribution in [0, 0.1) is 0 Å². The predicted molar refractivity (Wildman–Crippen MR) is 65.5 cm³/mol. The summed E-state index contributed by atoms with van der Waals surface area (Å²) < 4.78 is 10.9. The molecule has 0 aromatic heterocycles. The molecule has 1 aliphatic rings. The number of rotatable bonds is 6. The molecule has 1 fully saturated rings. The minimum Gasteiger partial charge on any atom is -0.490 e. The molecule has 3 nitrogen and oxygen atoms in total. The quantitative estimate of drug-likeness (QED) is 0.710. The van der Waals surface area contributed by atoms with E-state index in [1.54, 1.807) is 12.1 Å². The Labute approximate surface area is 102 Å². The monoisotopic (exact) mass is 234 g/mol. The van der Waals surface area contributed by atoms with E-state index in [1.807, 2.05) is 26.0 Å². The molecule has 0 saturated heterocycles. The van der Waals surface area contributed by atoms with Crippen molar-refractivity contribution in [2.24, 2.45) is 0 Å². The number of hydrogen-bond acceptors (Lipinski definition) is 3. The standard InChI is InChI=1S/C14H18O3/c1-10(2)16-9-14(15)11-4-3-5-13(8-11)17-12-6-7-12/h3-5,8,10,12H,6-7,9H2,1-2H3. The minimum atomic E-state index is -0.0000491. The van der Waals surface area contributed by atoms with Gasteiger partial charge in [0.05, 0.1) is 12.2 Å². The summed E-state index contributed by atoms with van der Waals surface area (Å²) >= 11 is 0. The minimum absolute atomic E-state index is 0.0000491. The Hall–Kier alpha value is -1.35. The zero-order valence-corrected chi connectivity index (χ0v) is 10.3. The number of ketones is 1. The van der Waals surface area contributed by atoms with Crippen molar-refractivity contribution in [3.05, 3.63) is 29.8 Å². The Morgan fingerprint density at radius 3 is 2.82 bits per heavy atom. The first-order chi connectivity index (χ1) is 8.15. The summed E-state index contributed by atoms with van der Waals surface area (Å²) in [5.41, 5.74) is 0.656. The van der Waals surface area contributed by atoms with Crippen LogP contribution in [0.3, 0.4) is 0 Å². The molecule has 0 amide bonds. The summed E-state index contributed by atoms with van der Waals surface area (Å²) in [7, 11) is 0. The van der Waals surface area contributed by atoms with Crippen LogP contribution in [-0.4, -0.2) is 24.6 Å². The summed E-state index contributed by atoms with van der Waals surface area (Å²) in [5, 5.41) is 0. The van der Waals surface area contributed by atoms with Gasteiger partial charge >= 0.3 is 0 Å². The van der Waals surface area contributed by atoms with Crippen LogP contribution in [0.25, 0.3) is 0 Å². The van der Waals surface area contributed by atoms with Crippen molar-refractivity contribution in [3.63, 3.8) is 0 Å². The highest BCUT2D eigenvalue weighted by atomic mass is 16.5. The molecule has 2 rings (SSSR count). The average molecular weight is 234 g/mol. The average Bonchev–Trinajstić information content (AvgIpc) is 3.10. The molecule has 0 spiro atoms. The van der Waals surface area contributed by atoms with Gasteiger partial charge in [0.2, 0.25) is 0 Å². The maximum Gasteiger partial charge on any atom is 0.188 e. The van der Waals surface area contributed by atoms with E-state index in [2.05, 4.69) is 0 Å². The second-order valence-corrected chi connectivity index (χ2v) is 4.63. The maximum atomic E-state index is 11.8. The molecule has 17 heavy (non-hydrogen) atoms. The van der Waals surface area contributed by atoms with Gasteiger partial charge in [-0.3, -0.25) is 4.79 Å². The molecule has 1 aromatic rings. The SMILES string of the molecule is CC(C)OCC(=O)c1cccc(OC2CC2)c1. The third-order valence-electron chi connectivity index (χ3n) is 2.53. The summed E-state index contributed by atoms with van der Waals surface area (Å²) in [5.74, 6) is 0.780. The van der Waals surface area contributed by atoms with Crippen LogP contribution in [0.2, 0.25) is 0 Å². The molecular weight excluding hydrogens is 216 g/mol. The lowest BCUT2D eigenvalue weighted by Crippen LogP contribution is -2.13. The van der Waals surface area contributed by atoms with Crippen molar-refractivity contribution in [1.29, 1.82) is 0 Å². The molecule has 1 aromatic carbocycles. The number of benzene rings is 1. The van der Waals surface area contributed by atoms with E-state index in [1.165, 1.54) is 0 Å². The van der Waals surface area contributed by atoms with Crippen LogP contribution in [0.5, 0.6) is 5.75 Å². The highest BCUT2D eigenvalue weighted by Gasteiger charge is 2.23. The van der Waals surface area contributed by atoms with Crippen LogP contribution in [0.4, 0.5) is 0 Å². The fourth-order valence-corrected chi connectivity index (χ4v) is 1.45. The van der Waals surface area contributed by atoms with E-state index in [0.717, 1.165) is 18.6 Å². The number of carbonyl (C=O) groups is 1. The third-order valence-corrected chi connectivity index (χ3v) is 2.53. The smallest absolute Gasteiger partial charge is 0.188 e. The number of carbonyl (C=O) groups excluding carboxylic acids is 1. The molecule has 0 radical (unpaired) electrons. The fraction of sp³-hybridized carbons (Fsp3) is 0.500. The van der Waals surface area contributed by atoms with Crippen LogP contribution < -0.4 is 4.74 Å². The van der Waals surface area contributed by atoms with Crippen molar-refractivity contribution in [2.75, 3.05) is 6.61 Å². The molecular formula is C14H18O3. The van der Waals surface area contributed by atoms with Gasteiger partial charge in [0.15, 0.2) is 5.78 Å². The Kier molecular flexibility index (Phi) is 3.79. The molecule has 0 aliphatic heterocycles. The van der Waals surface area contributed by atoms with Gasteiger partial charge in [-0.15, -0.1) is 0 Å². The topological polar surface area (TPSA) is 35.5 Å². The molecule has 0 atom stereocenters. The number of ether oxygens (including phenoxy) is 2. The summed E-state index contributed by atoms with van der Waals surface area (Å²) in [4.78, 5) is 11.8. The zero-order chi connectivity index (χ0) is 12.3. The van der Waals surface area contributed by atoms with Crippen LogP contribution in [0.1, 0.15) is 37.0 Å². The number of hydrogen-bond donors (Lipinski definition) is 0. The molecule has 0 unspecified atom stereocenters. The largest absolute Gasteiger partial charge is 0.490 e. The van der Waals surface area contributed by atoms with Gasteiger partial charge in [-0.25, -0.2) is 0 Å². The van der Waals surface area contributed by atoms with Gasteiger partial charge in [-0.1, -0.05) is 12.1 Å². The lowest BCUT2D eigenvalue weighted by Gasteiger charge is -2.08. The maximum absolute atomic E-state index is 11.8. The van der Waals surface area contributed by atoms with Gasteiger partial charge < -0.3 is 9.47 Å². The van der Waals surface area contributed by atoms with Gasteiger partial charge in [0.25, 0.3) is 0 Å². The van der Waals surface area contributed by atoms with Crippen molar-refractivity contribution in [1.82, 2.24) is 0 Å². The lowest BCUT2D eigenvalue weighted by atomic mass is 10.1. The van der Waals surface area contributed by atoms with E-state index in [0.29, 0.717) is 11.7 Å². The highest BCUT2D eigenvalue weighted by molar-refractivity contribution is 5.97. The first-order valence-electron chi connectivity index (χ1n) is 6.06. The van der Waals surface area contributed by atoms with Crippen molar-refractivity contribution >= 4 is 5.78 Å². The van der Waals surface area contributed by atoms with Crippen LogP contribution in [-0.2, 0) is 4.74 Å². The van der Waals surface area contributed by atoms with Crippen molar-refractivity contribution in [2.45, 2.75) is 38.9 Å². The molecule has 0 heterocycles. The van der Waals surface area contributed by atoms with Gasteiger partial charge in [-0.2, -0.15) is 0 Å². The van der Waals surface area contributed by atoms with E-state index in [9.17, 15) is 4.79 Å². The van der Waals surface area contributed by atoms with E-state index >= 15 is 0 Å². The molecule has 1 aliphatic carbocycles. The van der Waals surface area contributed by atoms with E-state index in [-0.39, 0.29) is 18.5 Å². The Bertz CT molecular complexity index is 394. The van der Waals surface area contributed by atoms with Crippen molar-refractivity contribution < 1.29 is 14.3 Å². The van der Waals surface area contributed by atoms with Gasteiger partial charge in [0.1, 0.15) is 12.4 Å². The Balaban J connectivity index is 1.96. The Morgan fingerprint density at radius 2 is 2.18 bits per heavy atom. The number of Topliss-reactive ketones (excluding diaryl/α,β-unsaturated/α-hetero) is 1. The van der Waals surface area contributed by atoms with Gasteiger partial charge in [0, 0.05) is 5.56 Å². The highest BCUT2D eigenvalue weighted by Crippen LogP contribution is 2.27. The molecule has 1 saturated carbocycles. The van der Waals surface area contributed by atoms with Crippen LogP contribution >= 0.6 is 0 Å². The predicted octanol–water partition coefficient (Wildman–Crippen LogP) is 2.84.